The van der Waals surface area contributed by atoms with E-state index < -0.39 is 0 Å². The van der Waals surface area contributed by atoms with Gasteiger partial charge in [0.1, 0.15) is 6.10 Å². The third kappa shape index (κ3) is 5.36. The maximum Gasteiger partial charge on any atom is 0.105 e. The topological polar surface area (TPSA) is 49.7 Å². The minimum atomic E-state index is -0.380. The highest BCUT2D eigenvalue weighted by Crippen LogP contribution is 2.45. The van der Waals surface area contributed by atoms with Crippen LogP contribution in [0.25, 0.3) is 0 Å². The molecule has 23 heavy (non-hydrogen) atoms. The molecule has 0 spiro atoms. The second kappa shape index (κ2) is 9.48. The minimum absolute atomic E-state index is 0.123. The lowest BCUT2D eigenvalue weighted by molar-refractivity contribution is 0.111. The molecule has 3 nitrogen and oxygen atoms in total. The van der Waals surface area contributed by atoms with Crippen molar-refractivity contribution in [2.24, 2.45) is 11.8 Å². The van der Waals surface area contributed by atoms with Crippen LogP contribution in [0.15, 0.2) is 24.0 Å². The highest BCUT2D eigenvalue weighted by molar-refractivity contribution is 5.13. The average molecular weight is 322 g/mol. The summed E-state index contributed by atoms with van der Waals surface area (Å²) in [6, 6.07) is 0. The summed E-state index contributed by atoms with van der Waals surface area (Å²) in [6.07, 6.45) is 15.0. The molecule has 2 N–H and O–H groups in total. The van der Waals surface area contributed by atoms with Gasteiger partial charge in [-0.2, -0.15) is 0 Å². The molecule has 1 aliphatic heterocycles. The quantitative estimate of drug-likeness (QED) is 0.490. The number of ether oxygens (including phenoxy) is 1. The van der Waals surface area contributed by atoms with Crippen LogP contribution in [0, 0.1) is 11.8 Å². The molecule has 0 aromatic carbocycles. The van der Waals surface area contributed by atoms with Crippen LogP contribution < -0.4 is 0 Å². The van der Waals surface area contributed by atoms with E-state index in [4.69, 9.17) is 4.74 Å². The second-order valence-electron chi connectivity index (χ2n) is 7.17. The van der Waals surface area contributed by atoms with Crippen molar-refractivity contribution in [3.8, 4) is 0 Å². The van der Waals surface area contributed by atoms with Gasteiger partial charge in [0, 0.05) is 24.7 Å². The first-order chi connectivity index (χ1) is 11.2. The third-order valence-corrected chi connectivity index (χ3v) is 5.22. The van der Waals surface area contributed by atoms with Crippen LogP contribution in [0.5, 0.6) is 0 Å². The Labute approximate surface area is 141 Å². The van der Waals surface area contributed by atoms with Crippen molar-refractivity contribution in [1.29, 1.82) is 0 Å². The van der Waals surface area contributed by atoms with Crippen LogP contribution in [0.3, 0.4) is 0 Å². The van der Waals surface area contributed by atoms with Gasteiger partial charge in [0.25, 0.3) is 0 Å². The van der Waals surface area contributed by atoms with Crippen molar-refractivity contribution in [3.05, 3.63) is 24.0 Å². The summed E-state index contributed by atoms with van der Waals surface area (Å²) in [5.41, 5.74) is 0. The molecule has 2 aliphatic rings. The number of aliphatic hydroxyl groups excluding tert-OH is 2. The molecule has 1 heterocycles. The van der Waals surface area contributed by atoms with E-state index in [0.29, 0.717) is 5.92 Å². The van der Waals surface area contributed by atoms with Crippen LogP contribution in [0.2, 0.25) is 0 Å². The molecule has 1 aliphatic carbocycles. The Hall–Kier alpha value is -0.800. The fourth-order valence-electron chi connectivity index (χ4n) is 3.81. The summed E-state index contributed by atoms with van der Waals surface area (Å²) < 4.78 is 6.02. The minimum Gasteiger partial charge on any atom is -0.495 e. The molecule has 1 saturated heterocycles. The Balaban J connectivity index is 1.85. The van der Waals surface area contributed by atoms with E-state index in [1.165, 1.54) is 25.7 Å². The van der Waals surface area contributed by atoms with Gasteiger partial charge in [0.2, 0.25) is 0 Å². The molecule has 5 atom stereocenters. The van der Waals surface area contributed by atoms with E-state index in [-0.39, 0.29) is 24.2 Å². The van der Waals surface area contributed by atoms with Gasteiger partial charge in [0.15, 0.2) is 0 Å². The van der Waals surface area contributed by atoms with Crippen molar-refractivity contribution in [1.82, 2.24) is 0 Å². The van der Waals surface area contributed by atoms with Crippen LogP contribution in [-0.4, -0.2) is 28.5 Å². The lowest BCUT2D eigenvalue weighted by atomic mass is 9.90. The first-order valence-corrected chi connectivity index (χ1v) is 9.55. The predicted octanol–water partition coefficient (Wildman–Crippen LogP) is 4.34. The average Bonchev–Trinajstić information content (AvgIpc) is 3.02. The molecular formula is C20H34O3. The normalized spacial score (nSPS) is 33.3. The van der Waals surface area contributed by atoms with Crippen molar-refractivity contribution in [3.63, 3.8) is 0 Å². The van der Waals surface area contributed by atoms with Gasteiger partial charge in [-0.15, -0.1) is 0 Å². The van der Waals surface area contributed by atoms with Gasteiger partial charge in [-0.3, -0.25) is 0 Å². The Morgan fingerprint density at radius 1 is 1.22 bits per heavy atom. The van der Waals surface area contributed by atoms with Crippen molar-refractivity contribution in [2.75, 3.05) is 0 Å². The van der Waals surface area contributed by atoms with Gasteiger partial charge in [-0.05, 0) is 25.3 Å². The number of fused-ring (bicyclic) bond motifs is 1. The maximum atomic E-state index is 10.3. The lowest BCUT2D eigenvalue weighted by Crippen LogP contribution is -2.18. The van der Waals surface area contributed by atoms with Crippen molar-refractivity contribution in [2.45, 2.75) is 89.9 Å². The standard InChI is InChI=1S/C20H34O3/c1-3-5-7-9-15(21)11-12-17-18-13-16(10-8-6-4-2)23-20(18)14-19(17)22/h10-12,15,17-22H,3-9,13-14H2,1-2H3/b12-11+,16-10-/t15-,17+,18+,19+,20-/m0/s1. The zero-order chi connectivity index (χ0) is 16.7. The number of hydrogen-bond acceptors (Lipinski definition) is 3. The first-order valence-electron chi connectivity index (χ1n) is 9.55. The van der Waals surface area contributed by atoms with Crippen LogP contribution >= 0.6 is 0 Å². The van der Waals surface area contributed by atoms with Crippen LogP contribution in [0.4, 0.5) is 0 Å². The molecule has 0 bridgehead atoms. The Morgan fingerprint density at radius 3 is 2.74 bits per heavy atom. The van der Waals surface area contributed by atoms with E-state index in [1.807, 2.05) is 12.2 Å². The van der Waals surface area contributed by atoms with Crippen molar-refractivity contribution >= 4 is 0 Å². The van der Waals surface area contributed by atoms with E-state index in [9.17, 15) is 10.2 Å². The summed E-state index contributed by atoms with van der Waals surface area (Å²) in [4.78, 5) is 0. The smallest absolute Gasteiger partial charge is 0.105 e. The molecule has 0 aromatic rings. The first kappa shape index (κ1) is 18.5. The number of aliphatic hydroxyl groups is 2. The Bertz CT molecular complexity index is 402. The lowest BCUT2D eigenvalue weighted by Gasteiger charge is -2.16. The number of hydrogen-bond donors (Lipinski definition) is 2. The van der Waals surface area contributed by atoms with Gasteiger partial charge >= 0.3 is 0 Å². The SMILES string of the molecule is CCCC/C=C1/C[C@@H]2[C@@H](/C=C/[C@@H](O)CCCCC)[C@H](O)C[C@@H]2O1. The molecule has 0 unspecified atom stereocenters. The number of unbranched alkanes of at least 4 members (excludes halogenated alkanes) is 4. The summed E-state index contributed by atoms with van der Waals surface area (Å²) in [5, 5.41) is 20.3. The number of rotatable bonds is 9. The monoisotopic (exact) mass is 322 g/mol. The maximum absolute atomic E-state index is 10.3. The molecule has 2 fully saturated rings. The third-order valence-electron chi connectivity index (χ3n) is 5.22. The molecule has 1 saturated carbocycles. The van der Waals surface area contributed by atoms with E-state index in [0.717, 1.165) is 37.9 Å². The largest absolute Gasteiger partial charge is 0.495 e. The van der Waals surface area contributed by atoms with E-state index in [2.05, 4.69) is 19.9 Å². The molecule has 0 amide bonds. The van der Waals surface area contributed by atoms with Gasteiger partial charge in [-0.1, -0.05) is 51.7 Å². The zero-order valence-corrected chi connectivity index (χ0v) is 14.8. The van der Waals surface area contributed by atoms with Gasteiger partial charge in [0.05, 0.1) is 18.0 Å². The number of allylic oxidation sites excluding steroid dienone is 2. The fraction of sp³-hybridized carbons (Fsp3) is 0.800. The molecule has 2 rings (SSSR count). The van der Waals surface area contributed by atoms with Gasteiger partial charge in [-0.25, -0.2) is 0 Å². The van der Waals surface area contributed by atoms with Crippen LogP contribution in [0.1, 0.15) is 71.6 Å². The highest BCUT2D eigenvalue weighted by atomic mass is 16.5. The Kier molecular flexibility index (Phi) is 7.64. The molecular weight excluding hydrogens is 288 g/mol. The molecule has 0 aromatic heterocycles. The summed E-state index contributed by atoms with van der Waals surface area (Å²) in [5.74, 6) is 1.61. The van der Waals surface area contributed by atoms with E-state index >= 15 is 0 Å². The summed E-state index contributed by atoms with van der Waals surface area (Å²) in [6.45, 7) is 4.37. The summed E-state index contributed by atoms with van der Waals surface area (Å²) >= 11 is 0. The van der Waals surface area contributed by atoms with Gasteiger partial charge < -0.3 is 14.9 Å². The fourth-order valence-corrected chi connectivity index (χ4v) is 3.81. The van der Waals surface area contributed by atoms with Crippen molar-refractivity contribution < 1.29 is 14.9 Å². The predicted molar refractivity (Wildman–Crippen MR) is 94.0 cm³/mol. The molecule has 3 heteroatoms. The molecule has 132 valence electrons. The second-order valence-corrected chi connectivity index (χ2v) is 7.17. The van der Waals surface area contributed by atoms with E-state index in [1.54, 1.807) is 0 Å². The highest BCUT2D eigenvalue weighted by Gasteiger charge is 2.46. The Morgan fingerprint density at radius 2 is 2.00 bits per heavy atom. The summed E-state index contributed by atoms with van der Waals surface area (Å²) in [7, 11) is 0. The molecule has 0 radical (unpaired) electrons. The zero-order valence-electron chi connectivity index (χ0n) is 14.8. The van der Waals surface area contributed by atoms with Crippen LogP contribution in [-0.2, 0) is 4.74 Å².